The number of halogens is 1. The first-order valence-corrected chi connectivity index (χ1v) is 10.5. The fourth-order valence-electron chi connectivity index (χ4n) is 3.96. The van der Waals surface area contributed by atoms with Crippen LogP contribution in [0.1, 0.15) is 29.9 Å². The monoisotopic (exact) mass is 389 g/mol. The molecule has 0 saturated carbocycles. The summed E-state index contributed by atoms with van der Waals surface area (Å²) in [5, 5.41) is 3.91. The zero-order valence-corrected chi connectivity index (χ0v) is 15.4. The lowest BCUT2D eigenvalue weighted by atomic mass is 9.85. The highest BCUT2D eigenvalue weighted by Crippen LogP contribution is 2.50. The molecule has 5 nitrogen and oxygen atoms in total. The first-order valence-electron chi connectivity index (χ1n) is 8.45. The van der Waals surface area contributed by atoms with Crippen LogP contribution in [0.15, 0.2) is 47.0 Å². The summed E-state index contributed by atoms with van der Waals surface area (Å²) in [6, 6.07) is 11.2. The number of fused-ring (bicyclic) bond motifs is 2. The minimum Gasteiger partial charge on any atom is -0.454 e. The smallest absolute Gasteiger partial charge is 0.231 e. The van der Waals surface area contributed by atoms with Crippen LogP contribution in [-0.2, 0) is 9.84 Å². The van der Waals surface area contributed by atoms with Crippen molar-refractivity contribution < 1.29 is 17.9 Å². The van der Waals surface area contributed by atoms with Crippen LogP contribution in [0.2, 0.25) is 5.02 Å². The predicted octanol–water partition coefficient (Wildman–Crippen LogP) is 4.05. The summed E-state index contributed by atoms with van der Waals surface area (Å²) in [5.41, 5.74) is 3.35. The Kier molecular flexibility index (Phi) is 3.49. The summed E-state index contributed by atoms with van der Waals surface area (Å²) in [5.74, 6) is 1.07. The van der Waals surface area contributed by atoms with E-state index in [4.69, 9.17) is 21.1 Å². The molecule has 0 fully saturated rings. The van der Waals surface area contributed by atoms with Gasteiger partial charge in [-0.25, -0.2) is 8.42 Å². The van der Waals surface area contributed by atoms with E-state index in [0.29, 0.717) is 34.3 Å². The van der Waals surface area contributed by atoms with Gasteiger partial charge in [0, 0.05) is 28.4 Å². The van der Waals surface area contributed by atoms with Crippen molar-refractivity contribution in [3.05, 3.63) is 63.1 Å². The van der Waals surface area contributed by atoms with Crippen molar-refractivity contribution >= 4 is 27.1 Å². The summed E-state index contributed by atoms with van der Waals surface area (Å²) in [6.45, 7) is 0.172. The van der Waals surface area contributed by atoms with Gasteiger partial charge in [0.25, 0.3) is 0 Å². The van der Waals surface area contributed by atoms with Gasteiger partial charge < -0.3 is 14.8 Å². The maximum Gasteiger partial charge on any atom is 0.231 e. The van der Waals surface area contributed by atoms with Crippen LogP contribution >= 0.6 is 11.6 Å². The average Bonchev–Trinajstić information content (AvgIpc) is 3.05. The third-order valence-corrected chi connectivity index (χ3v) is 7.27. The van der Waals surface area contributed by atoms with Gasteiger partial charge in [-0.05, 0) is 42.2 Å². The molecule has 1 atom stereocenters. The molecule has 0 amide bonds. The van der Waals surface area contributed by atoms with Gasteiger partial charge in [0.15, 0.2) is 21.3 Å². The molecule has 0 saturated heterocycles. The molecule has 0 bridgehead atoms. The number of allylic oxidation sites excluding steroid dienone is 2. The number of rotatable bonds is 1. The molecule has 0 aromatic heterocycles. The van der Waals surface area contributed by atoms with Crippen LogP contribution in [0.4, 0.5) is 5.69 Å². The number of sulfone groups is 1. The molecule has 0 radical (unpaired) electrons. The van der Waals surface area contributed by atoms with Crippen molar-refractivity contribution in [2.24, 2.45) is 0 Å². The molecule has 0 aliphatic carbocycles. The Morgan fingerprint density at radius 2 is 1.92 bits per heavy atom. The summed E-state index contributed by atoms with van der Waals surface area (Å²) >= 11 is 6.21. The third kappa shape index (κ3) is 2.40. The Morgan fingerprint density at radius 3 is 2.73 bits per heavy atom. The average molecular weight is 390 g/mol. The highest BCUT2D eigenvalue weighted by molar-refractivity contribution is 7.95. The molecule has 1 N–H and O–H groups in total. The normalized spacial score (nSPS) is 22.4. The Balaban J connectivity index is 1.79. The Morgan fingerprint density at radius 1 is 1.12 bits per heavy atom. The molecule has 134 valence electrons. The van der Waals surface area contributed by atoms with Crippen molar-refractivity contribution in [2.45, 2.75) is 18.8 Å². The van der Waals surface area contributed by atoms with E-state index in [0.717, 1.165) is 22.5 Å². The van der Waals surface area contributed by atoms with Crippen molar-refractivity contribution in [2.75, 3.05) is 17.9 Å². The summed E-state index contributed by atoms with van der Waals surface area (Å²) in [7, 11) is -3.35. The molecule has 26 heavy (non-hydrogen) atoms. The second-order valence-electron chi connectivity index (χ2n) is 6.67. The van der Waals surface area contributed by atoms with E-state index >= 15 is 0 Å². The number of ether oxygens (including phenoxy) is 2. The van der Waals surface area contributed by atoms with Gasteiger partial charge >= 0.3 is 0 Å². The first kappa shape index (κ1) is 16.0. The van der Waals surface area contributed by atoms with E-state index in [-0.39, 0.29) is 12.5 Å². The zero-order valence-electron chi connectivity index (χ0n) is 13.8. The lowest BCUT2D eigenvalue weighted by Crippen LogP contribution is -2.29. The van der Waals surface area contributed by atoms with Crippen molar-refractivity contribution in [1.29, 1.82) is 0 Å². The first-order chi connectivity index (χ1) is 12.5. The van der Waals surface area contributed by atoms with Crippen molar-refractivity contribution in [3.63, 3.8) is 0 Å². The maximum atomic E-state index is 12.9. The lowest BCUT2D eigenvalue weighted by Gasteiger charge is -2.34. The molecule has 3 heterocycles. The van der Waals surface area contributed by atoms with Crippen LogP contribution in [0, 0.1) is 0 Å². The van der Waals surface area contributed by atoms with E-state index in [1.807, 2.05) is 30.3 Å². The van der Waals surface area contributed by atoms with Gasteiger partial charge in [0.1, 0.15) is 0 Å². The molecule has 2 aromatic rings. The molecule has 2 aromatic carbocycles. The zero-order chi connectivity index (χ0) is 17.9. The molecule has 1 unspecified atom stereocenters. The van der Waals surface area contributed by atoms with E-state index in [9.17, 15) is 8.42 Å². The van der Waals surface area contributed by atoms with Crippen molar-refractivity contribution in [1.82, 2.24) is 0 Å². The van der Waals surface area contributed by atoms with Crippen LogP contribution < -0.4 is 14.8 Å². The molecule has 5 rings (SSSR count). The summed E-state index contributed by atoms with van der Waals surface area (Å²) in [6.07, 6.45) is 1.33. The van der Waals surface area contributed by atoms with Crippen LogP contribution in [0.25, 0.3) is 0 Å². The second-order valence-corrected chi connectivity index (χ2v) is 9.18. The van der Waals surface area contributed by atoms with Crippen LogP contribution in [0.3, 0.4) is 0 Å². The van der Waals surface area contributed by atoms with E-state index in [2.05, 4.69) is 5.32 Å². The molecule has 0 spiro atoms. The second kappa shape index (κ2) is 5.66. The number of nitrogens with one attached hydrogen (secondary N) is 1. The van der Waals surface area contributed by atoms with Crippen LogP contribution in [-0.4, -0.2) is 21.0 Å². The Hall–Kier alpha value is -2.18. The number of benzene rings is 2. The summed E-state index contributed by atoms with van der Waals surface area (Å²) < 4.78 is 36.9. The predicted molar refractivity (Wildman–Crippen MR) is 99.5 cm³/mol. The van der Waals surface area contributed by atoms with E-state index in [1.165, 1.54) is 0 Å². The number of anilines is 1. The van der Waals surface area contributed by atoms with Gasteiger partial charge in [-0.15, -0.1) is 0 Å². The van der Waals surface area contributed by atoms with Crippen LogP contribution in [0.5, 0.6) is 11.5 Å². The summed E-state index contributed by atoms with van der Waals surface area (Å²) in [4.78, 5) is 0.456. The fourth-order valence-corrected chi connectivity index (χ4v) is 6.06. The SMILES string of the molecule is O=S1(=O)CCCC2=C1C(c1cccc(Cl)c1)c1cc3c(cc1N2)OCO3. The molecular formula is C19H16ClNO4S. The van der Waals surface area contributed by atoms with Gasteiger partial charge in [-0.2, -0.15) is 0 Å². The minimum absolute atomic E-state index is 0.171. The highest BCUT2D eigenvalue weighted by atomic mass is 35.5. The number of hydrogen-bond donors (Lipinski definition) is 1. The molecule has 7 heteroatoms. The van der Waals surface area contributed by atoms with E-state index in [1.54, 1.807) is 6.07 Å². The van der Waals surface area contributed by atoms with Crippen molar-refractivity contribution in [3.8, 4) is 11.5 Å². The maximum absolute atomic E-state index is 12.9. The standard InChI is InChI=1S/C19H16ClNO4S/c20-12-4-1-3-11(7-12)18-13-8-16-17(25-10-24-16)9-15(13)21-14-5-2-6-26(22,23)19(14)18/h1,3-4,7-9,18,21H,2,5-6,10H2. The fraction of sp³-hybridized carbons (Fsp3) is 0.263. The van der Waals surface area contributed by atoms with Gasteiger partial charge in [0.2, 0.25) is 6.79 Å². The molecular weight excluding hydrogens is 374 g/mol. The number of hydrogen-bond acceptors (Lipinski definition) is 5. The topological polar surface area (TPSA) is 64.6 Å². The van der Waals surface area contributed by atoms with Gasteiger partial charge in [0.05, 0.1) is 10.7 Å². The largest absolute Gasteiger partial charge is 0.454 e. The van der Waals surface area contributed by atoms with E-state index < -0.39 is 15.8 Å². The Labute approximate surface area is 156 Å². The highest BCUT2D eigenvalue weighted by Gasteiger charge is 2.40. The molecule has 3 aliphatic heterocycles. The molecule has 3 aliphatic rings. The third-order valence-electron chi connectivity index (χ3n) is 5.06. The van der Waals surface area contributed by atoms with Gasteiger partial charge in [-0.1, -0.05) is 23.7 Å². The van der Waals surface area contributed by atoms with Gasteiger partial charge in [-0.3, -0.25) is 0 Å². The Bertz CT molecular complexity index is 1060. The quantitative estimate of drug-likeness (QED) is 0.797. The lowest BCUT2D eigenvalue weighted by molar-refractivity contribution is 0.174. The minimum atomic E-state index is -3.35.